The molecule has 4 unspecified atom stereocenters. The molecule has 0 amide bonds. The zero-order valence-electron chi connectivity index (χ0n) is 6.58. The Hall–Kier alpha value is -0.810. The van der Waals surface area contributed by atoms with E-state index in [2.05, 4.69) is 10.0 Å². The maximum Gasteiger partial charge on any atom is 0.168 e. The van der Waals surface area contributed by atoms with E-state index in [1.807, 2.05) is 0 Å². The summed E-state index contributed by atoms with van der Waals surface area (Å²) in [6.07, 6.45) is -0.351. The number of azide groups is 1. The van der Waals surface area contributed by atoms with Crippen LogP contribution in [-0.4, -0.2) is 38.3 Å². The summed E-state index contributed by atoms with van der Waals surface area (Å²) in [5, 5.41) is 3.56. The summed E-state index contributed by atoms with van der Waals surface area (Å²) < 4.78 is 15.4. The number of hydrogen-bond acceptors (Lipinski definition) is 4. The molecule has 2 saturated heterocycles. The van der Waals surface area contributed by atoms with Gasteiger partial charge in [0.1, 0.15) is 12.1 Å². The molecule has 0 spiro atoms. The predicted molar refractivity (Wildman–Crippen MR) is 38.3 cm³/mol. The second kappa shape index (κ2) is 2.91. The van der Waals surface area contributed by atoms with Gasteiger partial charge < -0.3 is 14.2 Å². The third kappa shape index (κ3) is 1.15. The molecule has 0 aromatic rings. The van der Waals surface area contributed by atoms with Crippen LogP contribution >= 0.6 is 0 Å². The fourth-order valence-electron chi connectivity index (χ4n) is 1.42. The van der Waals surface area contributed by atoms with Crippen molar-refractivity contribution < 1.29 is 14.2 Å². The molecule has 0 saturated carbocycles. The minimum absolute atomic E-state index is 0.000370. The van der Waals surface area contributed by atoms with Gasteiger partial charge in [0.2, 0.25) is 0 Å². The molecule has 2 aliphatic rings. The highest BCUT2D eigenvalue weighted by atomic mass is 16.7. The minimum Gasteiger partial charge on any atom is -0.366 e. The highest BCUT2D eigenvalue weighted by Gasteiger charge is 2.52. The van der Waals surface area contributed by atoms with Crippen molar-refractivity contribution in [2.45, 2.75) is 24.5 Å². The van der Waals surface area contributed by atoms with Gasteiger partial charge in [-0.2, -0.15) is 0 Å². The topological polar surface area (TPSA) is 79.8 Å². The van der Waals surface area contributed by atoms with Crippen molar-refractivity contribution in [3.05, 3.63) is 10.4 Å². The zero-order valence-corrected chi connectivity index (χ0v) is 6.58. The van der Waals surface area contributed by atoms with Gasteiger partial charge in [0.25, 0.3) is 0 Å². The summed E-state index contributed by atoms with van der Waals surface area (Å²) in [5.74, 6) is 0. The van der Waals surface area contributed by atoms with Crippen LogP contribution < -0.4 is 0 Å². The highest BCUT2D eigenvalue weighted by molar-refractivity contribution is 5.00. The first kappa shape index (κ1) is 7.82. The molecule has 0 radical (unpaired) electrons. The standard InChI is InChI=1S/C6H9N3O3/c1-10-6-4(8-9-7)5-3(12-5)2-11-6/h3-6H,2H2,1H3. The number of ether oxygens (including phenoxy) is 3. The summed E-state index contributed by atoms with van der Waals surface area (Å²) in [4.78, 5) is 2.72. The van der Waals surface area contributed by atoms with Crippen molar-refractivity contribution in [1.82, 2.24) is 0 Å². The van der Waals surface area contributed by atoms with E-state index in [1.54, 1.807) is 0 Å². The molecule has 0 aromatic heterocycles. The molecule has 2 rings (SSSR count). The van der Waals surface area contributed by atoms with Crippen molar-refractivity contribution in [1.29, 1.82) is 0 Å². The lowest BCUT2D eigenvalue weighted by molar-refractivity contribution is -0.146. The molecule has 6 heteroatoms. The van der Waals surface area contributed by atoms with Crippen molar-refractivity contribution >= 4 is 0 Å². The van der Waals surface area contributed by atoms with Gasteiger partial charge in [-0.15, -0.1) is 0 Å². The number of nitrogens with zero attached hydrogens (tertiary/aromatic N) is 3. The molecule has 0 N–H and O–H groups in total. The third-order valence-corrected chi connectivity index (χ3v) is 2.08. The molecule has 2 aliphatic heterocycles. The monoisotopic (exact) mass is 171 g/mol. The van der Waals surface area contributed by atoms with Gasteiger partial charge in [0, 0.05) is 12.0 Å². The number of rotatable bonds is 2. The second-order valence-corrected chi connectivity index (χ2v) is 2.77. The van der Waals surface area contributed by atoms with Crippen LogP contribution in [0.15, 0.2) is 5.11 Å². The van der Waals surface area contributed by atoms with E-state index < -0.39 is 6.29 Å². The lowest BCUT2D eigenvalue weighted by Gasteiger charge is -2.23. The quantitative estimate of drug-likeness (QED) is 0.261. The van der Waals surface area contributed by atoms with E-state index in [4.69, 9.17) is 19.7 Å². The molecule has 6 nitrogen and oxygen atoms in total. The zero-order chi connectivity index (χ0) is 8.55. The van der Waals surface area contributed by atoms with Crippen LogP contribution in [0.1, 0.15) is 0 Å². The van der Waals surface area contributed by atoms with Crippen LogP contribution in [0.25, 0.3) is 10.4 Å². The first-order valence-electron chi connectivity index (χ1n) is 3.71. The Morgan fingerprint density at radius 3 is 3.17 bits per heavy atom. The minimum atomic E-state index is -0.454. The average molecular weight is 171 g/mol. The van der Waals surface area contributed by atoms with Crippen molar-refractivity contribution in [2.24, 2.45) is 5.11 Å². The molecule has 4 atom stereocenters. The summed E-state index contributed by atoms with van der Waals surface area (Å²) >= 11 is 0. The number of methoxy groups -OCH3 is 1. The lowest BCUT2D eigenvalue weighted by Crippen LogP contribution is -2.39. The average Bonchev–Trinajstić information content (AvgIpc) is 2.84. The van der Waals surface area contributed by atoms with Crippen LogP contribution in [0.3, 0.4) is 0 Å². The smallest absolute Gasteiger partial charge is 0.168 e. The summed E-state index contributed by atoms with van der Waals surface area (Å²) in [5.41, 5.74) is 8.26. The van der Waals surface area contributed by atoms with Crippen LogP contribution in [0.5, 0.6) is 0 Å². The molecule has 0 bridgehead atoms. The van der Waals surface area contributed by atoms with Gasteiger partial charge in [0.05, 0.1) is 12.7 Å². The largest absolute Gasteiger partial charge is 0.366 e. The lowest BCUT2D eigenvalue weighted by atomic mass is 10.1. The maximum absolute atomic E-state index is 8.26. The van der Waals surface area contributed by atoms with Crippen LogP contribution in [0, 0.1) is 0 Å². The van der Waals surface area contributed by atoms with Gasteiger partial charge in [0.15, 0.2) is 6.29 Å². The molecule has 66 valence electrons. The Morgan fingerprint density at radius 2 is 2.50 bits per heavy atom. The molecule has 0 aromatic carbocycles. The third-order valence-electron chi connectivity index (χ3n) is 2.08. The number of hydrogen-bond donors (Lipinski definition) is 0. The SMILES string of the molecule is COC1OCC2OC2C1N=[N+]=[N-]. The van der Waals surface area contributed by atoms with Gasteiger partial charge in [-0.25, -0.2) is 0 Å². The van der Waals surface area contributed by atoms with Crippen molar-refractivity contribution in [2.75, 3.05) is 13.7 Å². The summed E-state index contributed by atoms with van der Waals surface area (Å²) in [7, 11) is 1.52. The number of fused-ring (bicyclic) bond motifs is 1. The number of epoxide rings is 1. The van der Waals surface area contributed by atoms with Crippen molar-refractivity contribution in [3.8, 4) is 0 Å². The first-order chi connectivity index (χ1) is 5.86. The maximum atomic E-state index is 8.26. The Balaban J connectivity index is 2.08. The molecule has 12 heavy (non-hydrogen) atoms. The summed E-state index contributed by atoms with van der Waals surface area (Å²) in [6.45, 7) is 0.528. The van der Waals surface area contributed by atoms with E-state index in [9.17, 15) is 0 Å². The van der Waals surface area contributed by atoms with E-state index >= 15 is 0 Å². The van der Waals surface area contributed by atoms with E-state index in [1.165, 1.54) is 7.11 Å². The Labute approximate surface area is 69.0 Å². The van der Waals surface area contributed by atoms with Gasteiger partial charge >= 0.3 is 0 Å². The first-order valence-corrected chi connectivity index (χ1v) is 3.71. The molecule has 2 heterocycles. The Kier molecular flexibility index (Phi) is 1.90. The fourth-order valence-corrected chi connectivity index (χ4v) is 1.42. The highest BCUT2D eigenvalue weighted by Crippen LogP contribution is 2.35. The van der Waals surface area contributed by atoms with E-state index in [0.717, 1.165) is 0 Å². The summed E-state index contributed by atoms with van der Waals surface area (Å²) in [6, 6.07) is -0.334. The molecular weight excluding hydrogens is 162 g/mol. The Morgan fingerprint density at radius 1 is 1.67 bits per heavy atom. The van der Waals surface area contributed by atoms with E-state index in [0.29, 0.717) is 6.61 Å². The predicted octanol–water partition coefficient (Wildman–Crippen LogP) is 0.435. The van der Waals surface area contributed by atoms with Gasteiger partial charge in [-0.1, -0.05) is 5.11 Å². The molecule has 0 aliphatic carbocycles. The molecule has 2 fully saturated rings. The van der Waals surface area contributed by atoms with Gasteiger partial charge in [-0.3, -0.25) is 0 Å². The van der Waals surface area contributed by atoms with Crippen LogP contribution in [0.4, 0.5) is 0 Å². The molecular formula is C6H9N3O3. The van der Waals surface area contributed by atoms with Crippen LogP contribution in [0.2, 0.25) is 0 Å². The van der Waals surface area contributed by atoms with Gasteiger partial charge in [-0.05, 0) is 5.53 Å². The van der Waals surface area contributed by atoms with E-state index in [-0.39, 0.29) is 18.2 Å². The van der Waals surface area contributed by atoms with Crippen molar-refractivity contribution in [3.63, 3.8) is 0 Å². The fraction of sp³-hybridized carbons (Fsp3) is 1.00. The second-order valence-electron chi connectivity index (χ2n) is 2.77. The normalized spacial score (nSPS) is 44.4. The Bertz CT molecular complexity index is 228. The van der Waals surface area contributed by atoms with Crippen LogP contribution in [-0.2, 0) is 14.2 Å².